The number of rotatable bonds is 7. The molecule has 0 aromatic heterocycles. The highest BCUT2D eigenvalue weighted by molar-refractivity contribution is 6.09. The van der Waals surface area contributed by atoms with Crippen molar-refractivity contribution in [1.82, 2.24) is 4.90 Å². The average molecular weight is 429 g/mol. The molecule has 0 radical (unpaired) electrons. The Balaban J connectivity index is 1.41. The topological polar surface area (TPSA) is 58.6 Å². The van der Waals surface area contributed by atoms with Crippen molar-refractivity contribution in [2.24, 2.45) is 0 Å². The number of hydrogen-bond acceptors (Lipinski definition) is 3. The van der Waals surface area contributed by atoms with Crippen molar-refractivity contribution in [3.8, 4) is 5.75 Å². The summed E-state index contributed by atoms with van der Waals surface area (Å²) in [7, 11) is 0. The molecule has 0 aliphatic carbocycles. The summed E-state index contributed by atoms with van der Waals surface area (Å²) in [6.07, 6.45) is 4.00. The van der Waals surface area contributed by atoms with E-state index < -0.39 is 0 Å². The van der Waals surface area contributed by atoms with E-state index in [9.17, 15) is 9.59 Å². The lowest BCUT2D eigenvalue weighted by molar-refractivity contribution is 0.0725. The number of piperidine rings is 1. The van der Waals surface area contributed by atoms with Crippen LogP contribution in [0.3, 0.4) is 0 Å². The van der Waals surface area contributed by atoms with Crippen molar-refractivity contribution >= 4 is 17.5 Å². The Bertz CT molecular complexity index is 1060. The average Bonchev–Trinajstić information content (AvgIpc) is 2.85. The summed E-state index contributed by atoms with van der Waals surface area (Å²) in [5.41, 5.74) is 2.75. The van der Waals surface area contributed by atoms with E-state index in [2.05, 4.69) is 17.4 Å². The SMILES string of the molecule is O=C(Nc1ccccc1C(=O)N1CCCCC1)c1cccc(OCCc2ccccc2)c1. The lowest BCUT2D eigenvalue weighted by Crippen LogP contribution is -2.36. The number of anilines is 1. The van der Waals surface area contributed by atoms with E-state index in [1.807, 2.05) is 41.3 Å². The molecule has 1 aliphatic rings. The zero-order valence-corrected chi connectivity index (χ0v) is 18.1. The lowest BCUT2D eigenvalue weighted by Gasteiger charge is -2.27. The van der Waals surface area contributed by atoms with Gasteiger partial charge in [0.1, 0.15) is 5.75 Å². The molecule has 0 spiro atoms. The summed E-state index contributed by atoms with van der Waals surface area (Å²) in [5, 5.41) is 2.91. The van der Waals surface area contributed by atoms with E-state index in [-0.39, 0.29) is 11.8 Å². The summed E-state index contributed by atoms with van der Waals surface area (Å²) >= 11 is 0. The Hall–Kier alpha value is -3.60. The zero-order valence-electron chi connectivity index (χ0n) is 18.1. The third-order valence-electron chi connectivity index (χ3n) is 5.65. The van der Waals surface area contributed by atoms with Crippen molar-refractivity contribution in [2.45, 2.75) is 25.7 Å². The number of likely N-dealkylation sites (tertiary alicyclic amines) is 1. The highest BCUT2D eigenvalue weighted by Gasteiger charge is 2.21. The van der Waals surface area contributed by atoms with E-state index in [0.717, 1.165) is 38.8 Å². The number of amides is 2. The molecule has 5 nitrogen and oxygen atoms in total. The zero-order chi connectivity index (χ0) is 22.2. The molecular weight excluding hydrogens is 400 g/mol. The van der Waals surface area contributed by atoms with E-state index in [4.69, 9.17) is 4.74 Å². The van der Waals surface area contributed by atoms with Gasteiger partial charge in [0.15, 0.2) is 0 Å². The second-order valence-electron chi connectivity index (χ2n) is 7.96. The van der Waals surface area contributed by atoms with Crippen LogP contribution in [-0.4, -0.2) is 36.4 Å². The smallest absolute Gasteiger partial charge is 0.255 e. The quantitative estimate of drug-likeness (QED) is 0.564. The Labute approximate surface area is 189 Å². The molecule has 3 aromatic rings. The van der Waals surface area contributed by atoms with Gasteiger partial charge in [-0.2, -0.15) is 0 Å². The summed E-state index contributed by atoms with van der Waals surface area (Å²) < 4.78 is 5.85. The fourth-order valence-corrected chi connectivity index (χ4v) is 3.90. The monoisotopic (exact) mass is 428 g/mol. The standard InChI is InChI=1S/C27H28N2O3/c30-26(22-12-9-13-23(20-22)32-19-16-21-10-3-1-4-11-21)28-25-15-6-5-14-24(25)27(31)29-17-7-2-8-18-29/h1,3-6,9-15,20H,2,7-8,16-19H2,(H,28,30). The number of nitrogens with one attached hydrogen (secondary N) is 1. The summed E-state index contributed by atoms with van der Waals surface area (Å²) in [5.74, 6) is 0.349. The lowest BCUT2D eigenvalue weighted by atomic mass is 10.1. The minimum atomic E-state index is -0.266. The predicted molar refractivity (Wildman–Crippen MR) is 126 cm³/mol. The normalized spacial score (nSPS) is 13.4. The molecule has 0 unspecified atom stereocenters. The van der Waals surface area contributed by atoms with Gasteiger partial charge < -0.3 is 15.0 Å². The van der Waals surface area contributed by atoms with Gasteiger partial charge in [0, 0.05) is 25.1 Å². The van der Waals surface area contributed by atoms with Gasteiger partial charge in [-0.1, -0.05) is 48.5 Å². The molecule has 1 N–H and O–H groups in total. The van der Waals surface area contributed by atoms with Gasteiger partial charge in [0.2, 0.25) is 0 Å². The first-order valence-corrected chi connectivity index (χ1v) is 11.2. The van der Waals surface area contributed by atoms with Crippen LogP contribution in [0.25, 0.3) is 0 Å². The second kappa shape index (κ2) is 10.6. The minimum absolute atomic E-state index is 0.0291. The van der Waals surface area contributed by atoms with Gasteiger partial charge in [-0.05, 0) is 55.2 Å². The summed E-state index contributed by atoms with van der Waals surface area (Å²) in [6.45, 7) is 2.06. The molecule has 1 fully saturated rings. The van der Waals surface area contributed by atoms with Crippen LogP contribution in [0.1, 0.15) is 45.5 Å². The minimum Gasteiger partial charge on any atom is -0.493 e. The van der Waals surface area contributed by atoms with E-state index in [0.29, 0.717) is 29.2 Å². The molecule has 32 heavy (non-hydrogen) atoms. The number of carbonyl (C=O) groups excluding carboxylic acids is 2. The fourth-order valence-electron chi connectivity index (χ4n) is 3.90. The van der Waals surface area contributed by atoms with Gasteiger partial charge in [0.25, 0.3) is 11.8 Å². The summed E-state index contributed by atoms with van der Waals surface area (Å²) in [4.78, 5) is 27.8. The number of benzene rings is 3. The second-order valence-corrected chi connectivity index (χ2v) is 7.96. The molecule has 1 saturated heterocycles. The van der Waals surface area contributed by atoms with Crippen LogP contribution >= 0.6 is 0 Å². The van der Waals surface area contributed by atoms with Gasteiger partial charge in [-0.3, -0.25) is 9.59 Å². The Morgan fingerprint density at radius 1 is 0.844 bits per heavy atom. The Kier molecular flexibility index (Phi) is 7.18. The third-order valence-corrected chi connectivity index (χ3v) is 5.65. The van der Waals surface area contributed by atoms with Gasteiger partial charge >= 0.3 is 0 Å². The van der Waals surface area contributed by atoms with Crippen LogP contribution in [-0.2, 0) is 6.42 Å². The summed E-state index contributed by atoms with van der Waals surface area (Å²) in [6, 6.07) is 24.5. The predicted octanol–water partition coefficient (Wildman–Crippen LogP) is 5.19. The maximum absolute atomic E-state index is 13.0. The van der Waals surface area contributed by atoms with E-state index in [1.54, 1.807) is 30.3 Å². The maximum Gasteiger partial charge on any atom is 0.255 e. The van der Waals surface area contributed by atoms with Crippen LogP contribution in [0.15, 0.2) is 78.9 Å². The number of ether oxygens (including phenoxy) is 1. The molecule has 2 amide bonds. The van der Waals surface area contributed by atoms with Gasteiger partial charge in [-0.25, -0.2) is 0 Å². The Morgan fingerprint density at radius 2 is 1.59 bits per heavy atom. The number of carbonyl (C=O) groups is 2. The first-order chi connectivity index (χ1) is 15.7. The van der Waals surface area contributed by atoms with Crippen molar-refractivity contribution in [3.05, 3.63) is 95.6 Å². The van der Waals surface area contributed by atoms with Crippen molar-refractivity contribution < 1.29 is 14.3 Å². The molecule has 4 rings (SSSR count). The largest absolute Gasteiger partial charge is 0.493 e. The van der Waals surface area contributed by atoms with Crippen molar-refractivity contribution in [3.63, 3.8) is 0 Å². The first-order valence-electron chi connectivity index (χ1n) is 11.2. The van der Waals surface area contributed by atoms with Crippen LogP contribution in [0.5, 0.6) is 5.75 Å². The van der Waals surface area contributed by atoms with E-state index in [1.165, 1.54) is 5.56 Å². The molecule has 0 atom stereocenters. The number of para-hydroxylation sites is 1. The van der Waals surface area contributed by atoms with Crippen molar-refractivity contribution in [2.75, 3.05) is 25.0 Å². The molecular formula is C27H28N2O3. The Morgan fingerprint density at radius 3 is 2.41 bits per heavy atom. The molecule has 5 heteroatoms. The van der Waals surface area contributed by atoms with Crippen LogP contribution < -0.4 is 10.1 Å². The highest BCUT2D eigenvalue weighted by Crippen LogP contribution is 2.22. The fraction of sp³-hybridized carbons (Fsp3) is 0.259. The third kappa shape index (κ3) is 5.55. The molecule has 0 saturated carbocycles. The molecule has 1 aliphatic heterocycles. The van der Waals surface area contributed by atoms with Gasteiger partial charge in [0.05, 0.1) is 17.9 Å². The highest BCUT2D eigenvalue weighted by atomic mass is 16.5. The number of nitrogens with zero attached hydrogens (tertiary/aromatic N) is 1. The van der Waals surface area contributed by atoms with Crippen LogP contribution in [0.2, 0.25) is 0 Å². The first kappa shape index (κ1) is 21.6. The van der Waals surface area contributed by atoms with E-state index >= 15 is 0 Å². The van der Waals surface area contributed by atoms with Crippen molar-refractivity contribution in [1.29, 1.82) is 0 Å². The molecule has 3 aromatic carbocycles. The van der Waals surface area contributed by atoms with Crippen LogP contribution in [0, 0.1) is 0 Å². The van der Waals surface area contributed by atoms with Gasteiger partial charge in [-0.15, -0.1) is 0 Å². The molecule has 164 valence electrons. The molecule has 1 heterocycles. The maximum atomic E-state index is 13.0. The number of hydrogen-bond donors (Lipinski definition) is 1. The molecule has 0 bridgehead atoms. The van der Waals surface area contributed by atoms with Crippen LogP contribution in [0.4, 0.5) is 5.69 Å².